The van der Waals surface area contributed by atoms with Crippen LogP contribution in [0.1, 0.15) is 44.3 Å². The molecule has 3 heterocycles. The van der Waals surface area contributed by atoms with Crippen molar-refractivity contribution >= 4 is 17.1 Å². The van der Waals surface area contributed by atoms with E-state index in [0.29, 0.717) is 43.1 Å². The number of fused-ring (bicyclic) bond motifs is 1. The van der Waals surface area contributed by atoms with E-state index in [9.17, 15) is 14.4 Å². The molecule has 0 radical (unpaired) electrons. The lowest BCUT2D eigenvalue weighted by molar-refractivity contribution is -0.140. The number of unbranched alkanes of at least 4 members (excludes halogenated alkanes) is 1. The van der Waals surface area contributed by atoms with Gasteiger partial charge in [0.15, 0.2) is 5.52 Å². The minimum absolute atomic E-state index is 0.244. The van der Waals surface area contributed by atoms with Gasteiger partial charge in [-0.25, -0.2) is 9.78 Å². The van der Waals surface area contributed by atoms with Gasteiger partial charge in [0, 0.05) is 40.1 Å². The van der Waals surface area contributed by atoms with Crippen molar-refractivity contribution in [1.82, 2.24) is 24.0 Å². The van der Waals surface area contributed by atoms with Crippen molar-refractivity contribution in [3.63, 3.8) is 0 Å². The Bertz CT molecular complexity index is 1030. The number of piperidine rings is 1. The molecule has 0 unspecified atom stereocenters. The first-order valence-corrected chi connectivity index (χ1v) is 11.4. The van der Waals surface area contributed by atoms with E-state index in [0.717, 1.165) is 44.6 Å². The number of aromatic nitrogens is 4. The lowest BCUT2D eigenvalue weighted by Gasteiger charge is -2.22. The zero-order valence-electron chi connectivity index (χ0n) is 19.4. The van der Waals surface area contributed by atoms with Gasteiger partial charge in [-0.15, -0.1) is 0 Å². The van der Waals surface area contributed by atoms with E-state index in [2.05, 4.69) is 10.1 Å². The van der Waals surface area contributed by atoms with Crippen LogP contribution >= 0.6 is 0 Å². The predicted molar refractivity (Wildman–Crippen MR) is 121 cm³/mol. The summed E-state index contributed by atoms with van der Waals surface area (Å²) in [5.74, 6) is 1.17. The van der Waals surface area contributed by atoms with Crippen LogP contribution in [0, 0.1) is 5.92 Å². The van der Waals surface area contributed by atoms with Gasteiger partial charge in [-0.1, -0.05) is 0 Å². The largest absolute Gasteiger partial charge is 0.469 e. The molecule has 1 aliphatic heterocycles. The second kappa shape index (κ2) is 11.4. The number of hydrogen-bond donors (Lipinski definition) is 1. The first-order valence-electron chi connectivity index (χ1n) is 11.4. The first-order chi connectivity index (χ1) is 15.5. The van der Waals surface area contributed by atoms with Crippen LogP contribution in [-0.2, 0) is 40.8 Å². The van der Waals surface area contributed by atoms with E-state index < -0.39 is 0 Å². The highest BCUT2D eigenvalue weighted by molar-refractivity contribution is 5.71. The molecule has 1 fully saturated rings. The number of carbonyl (C=O) groups is 1. The Morgan fingerprint density at radius 2 is 1.88 bits per heavy atom. The minimum atomic E-state index is -0.375. The van der Waals surface area contributed by atoms with Gasteiger partial charge in [0.05, 0.1) is 13.7 Å². The standard InChI is InChI=1S/C22H35N5O5/c1-25-20-19(21(29)27(22(25)30)13-5-4-6-18(28)32-3)24-17(26(20)14-15-31-2)8-7-16-9-11-23-12-10-16/h16,23H,4-15H2,1-3H3. The average molecular weight is 450 g/mol. The smallest absolute Gasteiger partial charge is 0.332 e. The number of hydrogen-bond acceptors (Lipinski definition) is 7. The molecule has 2 aromatic rings. The van der Waals surface area contributed by atoms with Crippen LogP contribution in [0.2, 0.25) is 0 Å². The quantitative estimate of drug-likeness (QED) is 0.399. The zero-order chi connectivity index (χ0) is 23.1. The Kier molecular flexibility index (Phi) is 8.63. The highest BCUT2D eigenvalue weighted by Gasteiger charge is 2.21. The monoisotopic (exact) mass is 449 g/mol. The molecule has 1 saturated heterocycles. The summed E-state index contributed by atoms with van der Waals surface area (Å²) in [5.41, 5.74) is 0.115. The molecular weight excluding hydrogens is 414 g/mol. The molecule has 0 bridgehead atoms. The van der Waals surface area contributed by atoms with Crippen molar-refractivity contribution in [3.8, 4) is 0 Å². The summed E-state index contributed by atoms with van der Waals surface area (Å²) in [4.78, 5) is 42.2. The van der Waals surface area contributed by atoms with Crippen LogP contribution < -0.4 is 16.6 Å². The van der Waals surface area contributed by atoms with Gasteiger partial charge in [0.25, 0.3) is 5.56 Å². The van der Waals surface area contributed by atoms with Crippen LogP contribution in [0.4, 0.5) is 0 Å². The number of aryl methyl sites for hydroxylation is 2. The van der Waals surface area contributed by atoms with Crippen molar-refractivity contribution in [1.29, 1.82) is 0 Å². The number of nitrogens with one attached hydrogen (secondary N) is 1. The summed E-state index contributed by atoms with van der Waals surface area (Å²) in [5, 5.41) is 3.39. The third-order valence-corrected chi connectivity index (χ3v) is 6.30. The highest BCUT2D eigenvalue weighted by Crippen LogP contribution is 2.20. The first kappa shape index (κ1) is 24.2. The van der Waals surface area contributed by atoms with Gasteiger partial charge >= 0.3 is 11.7 Å². The fourth-order valence-electron chi connectivity index (χ4n) is 4.41. The van der Waals surface area contributed by atoms with Crippen molar-refractivity contribution in [2.24, 2.45) is 13.0 Å². The normalized spacial score (nSPS) is 14.8. The van der Waals surface area contributed by atoms with Gasteiger partial charge in [-0.3, -0.25) is 18.7 Å². The summed E-state index contributed by atoms with van der Waals surface area (Å²) in [6.45, 7) is 3.33. The molecule has 10 heteroatoms. The molecule has 0 aromatic carbocycles. The van der Waals surface area contributed by atoms with Gasteiger partial charge in [0.1, 0.15) is 11.5 Å². The summed E-state index contributed by atoms with van der Waals surface area (Å²) in [7, 11) is 4.66. The molecule has 32 heavy (non-hydrogen) atoms. The van der Waals surface area contributed by atoms with E-state index in [1.807, 2.05) is 4.57 Å². The molecule has 3 rings (SSSR count). The number of methoxy groups -OCH3 is 2. The van der Waals surface area contributed by atoms with Gasteiger partial charge in [0.2, 0.25) is 0 Å². The van der Waals surface area contributed by atoms with Crippen LogP contribution in [-0.4, -0.2) is 58.6 Å². The second-order valence-corrected chi connectivity index (χ2v) is 8.41. The maximum absolute atomic E-state index is 13.2. The Labute approximate surface area is 187 Å². The number of esters is 1. The summed E-state index contributed by atoms with van der Waals surface area (Å²) in [6, 6.07) is 0. The van der Waals surface area contributed by atoms with E-state index in [-0.39, 0.29) is 30.2 Å². The number of nitrogens with zero attached hydrogens (tertiary/aromatic N) is 4. The zero-order valence-corrected chi connectivity index (χ0v) is 19.4. The minimum Gasteiger partial charge on any atom is -0.469 e. The van der Waals surface area contributed by atoms with Crippen LogP contribution in [0.5, 0.6) is 0 Å². The number of ether oxygens (including phenoxy) is 2. The Morgan fingerprint density at radius 1 is 1.12 bits per heavy atom. The van der Waals surface area contributed by atoms with E-state index in [1.165, 1.54) is 16.2 Å². The SMILES string of the molecule is COCCn1c(CCC2CCNCC2)nc2c(=O)n(CCCCC(=O)OC)c(=O)n(C)c21. The maximum Gasteiger partial charge on any atom is 0.332 e. The average Bonchev–Trinajstić information content (AvgIpc) is 3.18. The Balaban J connectivity index is 1.89. The number of imidazole rings is 1. The molecule has 10 nitrogen and oxygen atoms in total. The molecule has 1 aliphatic rings. The predicted octanol–water partition coefficient (Wildman–Crippen LogP) is 0.819. The van der Waals surface area contributed by atoms with Crippen LogP contribution in [0.25, 0.3) is 11.2 Å². The third-order valence-electron chi connectivity index (χ3n) is 6.30. The van der Waals surface area contributed by atoms with Gasteiger partial charge < -0.3 is 19.4 Å². The fraction of sp³-hybridized carbons (Fsp3) is 0.727. The summed E-state index contributed by atoms with van der Waals surface area (Å²) in [6.07, 6.45) is 5.40. The summed E-state index contributed by atoms with van der Waals surface area (Å²) < 4.78 is 14.6. The topological polar surface area (TPSA) is 109 Å². The molecule has 2 aromatic heterocycles. The molecule has 0 amide bonds. The Hall–Kier alpha value is -2.46. The fourth-order valence-corrected chi connectivity index (χ4v) is 4.41. The van der Waals surface area contributed by atoms with E-state index in [1.54, 1.807) is 14.2 Å². The summed E-state index contributed by atoms with van der Waals surface area (Å²) >= 11 is 0. The van der Waals surface area contributed by atoms with Gasteiger partial charge in [-0.2, -0.15) is 0 Å². The molecule has 0 spiro atoms. The molecule has 178 valence electrons. The molecule has 0 saturated carbocycles. The molecule has 0 atom stereocenters. The lowest BCUT2D eigenvalue weighted by Crippen LogP contribution is -2.39. The van der Waals surface area contributed by atoms with Crippen LogP contribution in [0.15, 0.2) is 9.59 Å². The highest BCUT2D eigenvalue weighted by atomic mass is 16.5. The third kappa shape index (κ3) is 5.47. The molecular formula is C22H35N5O5. The molecule has 1 N–H and O–H groups in total. The lowest BCUT2D eigenvalue weighted by atomic mass is 9.93. The van der Waals surface area contributed by atoms with Gasteiger partial charge in [-0.05, 0) is 51.1 Å². The number of carbonyl (C=O) groups excluding carboxylic acids is 1. The molecule has 0 aliphatic carbocycles. The van der Waals surface area contributed by atoms with Crippen molar-refractivity contribution in [2.45, 2.75) is 58.0 Å². The van der Waals surface area contributed by atoms with E-state index in [4.69, 9.17) is 9.72 Å². The Morgan fingerprint density at radius 3 is 2.56 bits per heavy atom. The van der Waals surface area contributed by atoms with E-state index >= 15 is 0 Å². The second-order valence-electron chi connectivity index (χ2n) is 8.41. The number of rotatable bonds is 11. The van der Waals surface area contributed by atoms with Crippen LogP contribution in [0.3, 0.4) is 0 Å². The van der Waals surface area contributed by atoms with Crippen molar-refractivity contribution in [3.05, 3.63) is 26.7 Å². The van der Waals surface area contributed by atoms with Crippen molar-refractivity contribution in [2.75, 3.05) is 33.9 Å². The van der Waals surface area contributed by atoms with Crippen molar-refractivity contribution < 1.29 is 14.3 Å². The maximum atomic E-state index is 13.2.